The van der Waals surface area contributed by atoms with Crippen molar-refractivity contribution in [1.82, 2.24) is 4.98 Å². The van der Waals surface area contributed by atoms with Crippen LogP contribution >= 0.6 is 0 Å². The van der Waals surface area contributed by atoms with Gasteiger partial charge in [-0.05, 0) is 6.07 Å². The third kappa shape index (κ3) is 1.45. The van der Waals surface area contributed by atoms with Crippen LogP contribution in [0.25, 0.3) is 0 Å². The molecule has 0 unspecified atom stereocenters. The smallest absolute Gasteiger partial charge is 0.222 e. The van der Waals surface area contributed by atoms with E-state index in [1.165, 1.54) is 0 Å². The molecule has 0 bridgehead atoms. The van der Waals surface area contributed by atoms with Gasteiger partial charge in [-0.15, -0.1) is 0 Å². The number of methoxy groups -OCH3 is 2. The number of rotatable bonds is 3. The lowest BCUT2D eigenvalue weighted by atomic mass is 10.2. The lowest BCUT2D eigenvalue weighted by Gasteiger charge is -2.08. The first kappa shape index (κ1) is 8.31. The molecule has 0 spiro atoms. The summed E-state index contributed by atoms with van der Waals surface area (Å²) in [6.45, 7) is 0.721. The van der Waals surface area contributed by atoms with Gasteiger partial charge in [0.15, 0.2) is 0 Å². The highest BCUT2D eigenvalue weighted by molar-refractivity contribution is 5.43. The fraction of sp³-hybridized carbons (Fsp3) is 0.444. The highest BCUT2D eigenvalue weighted by atomic mass is 16.6. The predicted molar refractivity (Wildman–Crippen MR) is 46.0 cm³/mol. The van der Waals surface area contributed by atoms with Gasteiger partial charge < -0.3 is 14.2 Å². The lowest BCUT2D eigenvalue weighted by Crippen LogP contribution is -1.97. The Kier molecular flexibility index (Phi) is 2.06. The van der Waals surface area contributed by atoms with Crippen LogP contribution in [0.15, 0.2) is 12.3 Å². The Morgan fingerprint density at radius 1 is 1.46 bits per heavy atom. The maximum absolute atomic E-state index is 5.19. The Morgan fingerprint density at radius 2 is 2.23 bits per heavy atom. The Labute approximate surface area is 76.4 Å². The van der Waals surface area contributed by atoms with E-state index < -0.39 is 0 Å². The topological polar surface area (TPSA) is 43.9 Å². The van der Waals surface area contributed by atoms with Gasteiger partial charge in [-0.2, -0.15) is 0 Å². The van der Waals surface area contributed by atoms with Crippen LogP contribution in [0.3, 0.4) is 0 Å². The standard InChI is InChI=1S/C9H11NO3/c1-11-6-3-4-10-9(12-2)8(6)7-5-13-7/h3-4,7H,5H2,1-2H3/t7-/m0/s1. The summed E-state index contributed by atoms with van der Waals surface area (Å²) in [5.74, 6) is 1.36. The molecule has 0 N–H and O–H groups in total. The van der Waals surface area contributed by atoms with Crippen LogP contribution in [0.1, 0.15) is 11.7 Å². The summed E-state index contributed by atoms with van der Waals surface area (Å²) in [7, 11) is 3.22. The van der Waals surface area contributed by atoms with Crippen molar-refractivity contribution in [1.29, 1.82) is 0 Å². The fourth-order valence-electron chi connectivity index (χ4n) is 1.29. The third-order valence-electron chi connectivity index (χ3n) is 1.98. The molecule has 4 nitrogen and oxygen atoms in total. The molecule has 1 aromatic heterocycles. The molecule has 4 heteroatoms. The Morgan fingerprint density at radius 3 is 2.77 bits per heavy atom. The number of nitrogens with zero attached hydrogens (tertiary/aromatic N) is 1. The van der Waals surface area contributed by atoms with Crippen molar-refractivity contribution in [2.75, 3.05) is 20.8 Å². The summed E-state index contributed by atoms with van der Waals surface area (Å²) in [6.07, 6.45) is 1.75. The fourth-order valence-corrected chi connectivity index (χ4v) is 1.29. The van der Waals surface area contributed by atoms with Gasteiger partial charge in [0.25, 0.3) is 0 Å². The Hall–Kier alpha value is -1.29. The van der Waals surface area contributed by atoms with Crippen molar-refractivity contribution < 1.29 is 14.2 Å². The van der Waals surface area contributed by atoms with Gasteiger partial charge in [0.05, 0.1) is 26.4 Å². The zero-order valence-corrected chi connectivity index (χ0v) is 7.61. The Bertz CT molecular complexity index is 287. The zero-order chi connectivity index (χ0) is 9.26. The minimum atomic E-state index is 0.0959. The first-order chi connectivity index (χ1) is 6.36. The summed E-state index contributed by atoms with van der Waals surface area (Å²) in [6, 6.07) is 1.81. The molecule has 70 valence electrons. The summed E-state index contributed by atoms with van der Waals surface area (Å²) >= 11 is 0. The minimum absolute atomic E-state index is 0.0959. The number of epoxide rings is 1. The first-order valence-corrected chi connectivity index (χ1v) is 4.05. The van der Waals surface area contributed by atoms with Crippen molar-refractivity contribution in [2.24, 2.45) is 0 Å². The zero-order valence-electron chi connectivity index (χ0n) is 7.61. The number of hydrogen-bond acceptors (Lipinski definition) is 4. The van der Waals surface area contributed by atoms with Crippen LogP contribution in [-0.2, 0) is 4.74 Å². The van der Waals surface area contributed by atoms with Crippen LogP contribution in [-0.4, -0.2) is 25.8 Å². The molecule has 2 heterocycles. The van der Waals surface area contributed by atoms with Gasteiger partial charge in [-0.25, -0.2) is 4.98 Å². The van der Waals surface area contributed by atoms with E-state index in [0.717, 1.165) is 17.9 Å². The van der Waals surface area contributed by atoms with E-state index in [2.05, 4.69) is 4.98 Å². The van der Waals surface area contributed by atoms with Crippen LogP contribution in [0.2, 0.25) is 0 Å². The number of aromatic nitrogens is 1. The third-order valence-corrected chi connectivity index (χ3v) is 1.98. The summed E-state index contributed by atoms with van der Waals surface area (Å²) in [5, 5.41) is 0. The van der Waals surface area contributed by atoms with Crippen molar-refractivity contribution in [2.45, 2.75) is 6.10 Å². The van der Waals surface area contributed by atoms with Crippen LogP contribution in [0.4, 0.5) is 0 Å². The van der Waals surface area contributed by atoms with E-state index in [9.17, 15) is 0 Å². The van der Waals surface area contributed by atoms with Gasteiger partial charge in [-0.3, -0.25) is 0 Å². The van der Waals surface area contributed by atoms with Gasteiger partial charge in [0, 0.05) is 6.20 Å². The number of pyridine rings is 1. The van der Waals surface area contributed by atoms with E-state index in [1.54, 1.807) is 26.5 Å². The molecule has 2 rings (SSSR count). The molecule has 0 aromatic carbocycles. The van der Waals surface area contributed by atoms with E-state index >= 15 is 0 Å². The van der Waals surface area contributed by atoms with Crippen molar-refractivity contribution in [3.05, 3.63) is 17.8 Å². The average Bonchev–Trinajstić information content (AvgIpc) is 3.00. The van der Waals surface area contributed by atoms with E-state index in [0.29, 0.717) is 5.88 Å². The average molecular weight is 181 g/mol. The molecular weight excluding hydrogens is 170 g/mol. The monoisotopic (exact) mass is 181 g/mol. The van der Waals surface area contributed by atoms with E-state index in [-0.39, 0.29) is 6.10 Å². The second-order valence-electron chi connectivity index (χ2n) is 2.76. The summed E-state index contributed by atoms with van der Waals surface area (Å²) in [4.78, 5) is 4.08. The Balaban J connectivity index is 2.44. The van der Waals surface area contributed by atoms with E-state index in [1.807, 2.05) is 0 Å². The molecule has 1 saturated heterocycles. The van der Waals surface area contributed by atoms with Crippen LogP contribution in [0.5, 0.6) is 11.6 Å². The summed E-state index contributed by atoms with van der Waals surface area (Å²) < 4.78 is 15.5. The lowest BCUT2D eigenvalue weighted by molar-refractivity contribution is 0.350. The number of hydrogen-bond donors (Lipinski definition) is 0. The molecule has 0 aliphatic carbocycles. The maximum atomic E-state index is 5.19. The largest absolute Gasteiger partial charge is 0.496 e. The SMILES string of the molecule is COc1ccnc(OC)c1[C@@H]1CO1. The maximum Gasteiger partial charge on any atom is 0.222 e. The molecule has 1 atom stereocenters. The molecule has 0 radical (unpaired) electrons. The molecule has 13 heavy (non-hydrogen) atoms. The molecule has 1 aliphatic heterocycles. The van der Waals surface area contributed by atoms with Crippen LogP contribution in [0, 0.1) is 0 Å². The van der Waals surface area contributed by atoms with Crippen molar-refractivity contribution >= 4 is 0 Å². The van der Waals surface area contributed by atoms with Gasteiger partial charge in [-0.1, -0.05) is 0 Å². The normalized spacial score (nSPS) is 19.7. The van der Waals surface area contributed by atoms with Gasteiger partial charge in [0.1, 0.15) is 11.9 Å². The first-order valence-electron chi connectivity index (χ1n) is 4.05. The molecule has 1 fully saturated rings. The molecule has 1 aliphatic rings. The van der Waals surface area contributed by atoms with Gasteiger partial charge in [0.2, 0.25) is 5.88 Å². The predicted octanol–water partition coefficient (Wildman–Crippen LogP) is 1.17. The minimum Gasteiger partial charge on any atom is -0.496 e. The molecular formula is C9H11NO3. The number of ether oxygens (including phenoxy) is 3. The van der Waals surface area contributed by atoms with Crippen molar-refractivity contribution in [3.63, 3.8) is 0 Å². The second-order valence-corrected chi connectivity index (χ2v) is 2.76. The second kappa shape index (κ2) is 3.22. The quantitative estimate of drug-likeness (QED) is 0.656. The van der Waals surface area contributed by atoms with Crippen molar-refractivity contribution in [3.8, 4) is 11.6 Å². The van der Waals surface area contributed by atoms with Gasteiger partial charge >= 0.3 is 0 Å². The molecule has 0 saturated carbocycles. The molecule has 1 aromatic rings. The highest BCUT2D eigenvalue weighted by Gasteiger charge is 2.32. The van der Waals surface area contributed by atoms with Crippen LogP contribution < -0.4 is 9.47 Å². The highest BCUT2D eigenvalue weighted by Crippen LogP contribution is 2.40. The van der Waals surface area contributed by atoms with E-state index in [4.69, 9.17) is 14.2 Å². The summed E-state index contributed by atoms with van der Waals surface area (Å²) in [5.41, 5.74) is 0.910. The molecule has 0 amide bonds.